The smallest absolute Gasteiger partial charge is 0.227 e. The average molecular weight is 440 g/mol. The molecule has 2 aromatic rings. The molecular weight excluding hydrogens is 410 g/mol. The number of nitrogens with zero attached hydrogens (tertiary/aromatic N) is 1. The van der Waals surface area contributed by atoms with Gasteiger partial charge in [-0.25, -0.2) is 0 Å². The maximum atomic E-state index is 13.0. The fraction of sp³-hybridized carbons (Fsp3) is 0.360. The molecule has 0 atom stereocenters. The van der Waals surface area contributed by atoms with E-state index in [0.717, 1.165) is 11.1 Å². The summed E-state index contributed by atoms with van der Waals surface area (Å²) in [7, 11) is 6.37. The predicted molar refractivity (Wildman–Crippen MR) is 122 cm³/mol. The first-order chi connectivity index (χ1) is 15.4. The zero-order valence-corrected chi connectivity index (χ0v) is 19.2. The lowest BCUT2D eigenvalue weighted by Crippen LogP contribution is -2.35. The molecule has 0 radical (unpaired) electrons. The monoisotopic (exact) mass is 439 g/mol. The summed E-state index contributed by atoms with van der Waals surface area (Å²) in [6.45, 7) is 2.55. The van der Waals surface area contributed by atoms with Crippen LogP contribution in [-0.2, 0) is 11.2 Å². The van der Waals surface area contributed by atoms with Gasteiger partial charge in [0.05, 0.1) is 40.4 Å². The van der Waals surface area contributed by atoms with Gasteiger partial charge in [0.1, 0.15) is 23.0 Å². The van der Waals surface area contributed by atoms with Gasteiger partial charge in [0.2, 0.25) is 5.91 Å². The van der Waals surface area contributed by atoms with Crippen LogP contribution < -0.4 is 18.9 Å². The lowest BCUT2D eigenvalue weighted by atomic mass is 9.96. The van der Waals surface area contributed by atoms with Gasteiger partial charge >= 0.3 is 0 Å². The minimum atomic E-state index is -0.0470. The normalized spacial score (nSPS) is 13.3. The molecule has 1 amide bonds. The van der Waals surface area contributed by atoms with Gasteiger partial charge in [0, 0.05) is 36.3 Å². The van der Waals surface area contributed by atoms with Crippen LogP contribution in [0.15, 0.2) is 36.4 Å². The maximum absolute atomic E-state index is 13.0. The van der Waals surface area contributed by atoms with Crippen LogP contribution in [0.2, 0.25) is 0 Å². The molecule has 0 spiro atoms. The largest absolute Gasteiger partial charge is 0.496 e. The number of ketones is 1. The number of hydrogen-bond acceptors (Lipinski definition) is 6. The van der Waals surface area contributed by atoms with Crippen LogP contribution in [-0.4, -0.2) is 58.1 Å². The van der Waals surface area contributed by atoms with E-state index in [4.69, 9.17) is 18.9 Å². The van der Waals surface area contributed by atoms with E-state index in [0.29, 0.717) is 53.6 Å². The highest BCUT2D eigenvalue weighted by Crippen LogP contribution is 2.41. The van der Waals surface area contributed by atoms with E-state index >= 15 is 0 Å². The number of Topliss-reactive ketones (excluding diaryl/α,β-unsaturated/α-hetero) is 1. The SMILES string of the molecule is COc1cc(OC)c(C2=CCN(C(=O)Cc3cc(C(C)=O)ccc3OC)CC2)c(OC)c1. The van der Waals surface area contributed by atoms with Crippen LogP contribution >= 0.6 is 0 Å². The molecule has 0 aromatic heterocycles. The van der Waals surface area contributed by atoms with Crippen LogP contribution in [0.3, 0.4) is 0 Å². The number of carbonyl (C=O) groups is 2. The molecule has 3 rings (SSSR count). The van der Waals surface area contributed by atoms with E-state index in [2.05, 4.69) is 0 Å². The highest BCUT2D eigenvalue weighted by atomic mass is 16.5. The Balaban J connectivity index is 1.80. The maximum Gasteiger partial charge on any atom is 0.227 e. The third kappa shape index (κ3) is 4.88. The fourth-order valence-electron chi connectivity index (χ4n) is 3.86. The molecule has 0 N–H and O–H groups in total. The number of benzene rings is 2. The Bertz CT molecular complexity index is 1020. The number of amides is 1. The average Bonchev–Trinajstić information content (AvgIpc) is 2.82. The Labute approximate surface area is 188 Å². The quantitative estimate of drug-likeness (QED) is 0.583. The standard InChI is InChI=1S/C25H29NO6/c1-16(27)18-6-7-21(30-3)19(12-18)13-24(28)26-10-8-17(9-11-26)25-22(31-4)14-20(29-2)15-23(25)32-5/h6-8,12,14-15H,9-11,13H2,1-5H3. The van der Waals surface area contributed by atoms with Crippen LogP contribution in [0.25, 0.3) is 5.57 Å². The molecule has 2 aromatic carbocycles. The van der Waals surface area contributed by atoms with Gasteiger partial charge in [-0.2, -0.15) is 0 Å². The minimum Gasteiger partial charge on any atom is -0.496 e. The zero-order valence-electron chi connectivity index (χ0n) is 19.2. The number of hydrogen-bond donors (Lipinski definition) is 0. The first kappa shape index (κ1) is 23.2. The van der Waals surface area contributed by atoms with E-state index in [9.17, 15) is 9.59 Å². The van der Waals surface area contributed by atoms with E-state index in [-0.39, 0.29) is 18.1 Å². The lowest BCUT2D eigenvalue weighted by molar-refractivity contribution is -0.130. The van der Waals surface area contributed by atoms with E-state index in [1.165, 1.54) is 6.92 Å². The third-order valence-corrected chi connectivity index (χ3v) is 5.63. The summed E-state index contributed by atoms with van der Waals surface area (Å²) in [5.41, 5.74) is 3.20. The molecule has 0 saturated heterocycles. The lowest BCUT2D eigenvalue weighted by Gasteiger charge is -2.28. The molecule has 0 bridgehead atoms. The molecular formula is C25H29NO6. The Morgan fingerprint density at radius 2 is 1.56 bits per heavy atom. The second-order valence-corrected chi connectivity index (χ2v) is 7.49. The molecule has 0 fully saturated rings. The third-order valence-electron chi connectivity index (χ3n) is 5.63. The molecule has 32 heavy (non-hydrogen) atoms. The Morgan fingerprint density at radius 1 is 0.906 bits per heavy atom. The van der Waals surface area contributed by atoms with Gasteiger partial charge in [0.25, 0.3) is 0 Å². The van der Waals surface area contributed by atoms with Gasteiger partial charge < -0.3 is 23.8 Å². The highest BCUT2D eigenvalue weighted by Gasteiger charge is 2.24. The topological polar surface area (TPSA) is 74.3 Å². The van der Waals surface area contributed by atoms with Crippen molar-refractivity contribution in [3.8, 4) is 23.0 Å². The van der Waals surface area contributed by atoms with Crippen molar-refractivity contribution in [2.75, 3.05) is 41.5 Å². The molecule has 1 heterocycles. The van der Waals surface area contributed by atoms with E-state index in [1.807, 2.05) is 18.2 Å². The zero-order chi connectivity index (χ0) is 23.3. The molecule has 7 heteroatoms. The molecule has 1 aliphatic rings. The second kappa shape index (κ2) is 10.2. The molecule has 7 nitrogen and oxygen atoms in total. The molecule has 0 aliphatic carbocycles. The van der Waals surface area contributed by atoms with E-state index < -0.39 is 0 Å². The van der Waals surface area contributed by atoms with Gasteiger partial charge in [-0.3, -0.25) is 9.59 Å². The van der Waals surface area contributed by atoms with Crippen molar-refractivity contribution in [3.05, 3.63) is 53.1 Å². The van der Waals surface area contributed by atoms with Crippen molar-refractivity contribution in [2.24, 2.45) is 0 Å². The molecule has 170 valence electrons. The van der Waals surface area contributed by atoms with Crippen molar-refractivity contribution in [2.45, 2.75) is 19.8 Å². The summed E-state index contributed by atoms with van der Waals surface area (Å²) < 4.78 is 21.8. The Kier molecular flexibility index (Phi) is 7.41. The summed E-state index contributed by atoms with van der Waals surface area (Å²) >= 11 is 0. The Morgan fingerprint density at radius 3 is 2.06 bits per heavy atom. The van der Waals surface area contributed by atoms with Gasteiger partial charge in [-0.05, 0) is 37.1 Å². The van der Waals surface area contributed by atoms with Crippen molar-refractivity contribution in [1.29, 1.82) is 0 Å². The van der Waals surface area contributed by atoms with Crippen LogP contribution in [0.5, 0.6) is 23.0 Å². The predicted octanol–water partition coefficient (Wildman–Crippen LogP) is 3.78. The summed E-state index contributed by atoms with van der Waals surface area (Å²) in [4.78, 5) is 26.5. The van der Waals surface area contributed by atoms with Gasteiger partial charge in [-0.15, -0.1) is 0 Å². The number of rotatable bonds is 8. The fourth-order valence-corrected chi connectivity index (χ4v) is 3.86. The first-order valence-corrected chi connectivity index (χ1v) is 10.4. The summed E-state index contributed by atoms with van der Waals surface area (Å²) in [6.07, 6.45) is 2.86. The highest BCUT2D eigenvalue weighted by molar-refractivity contribution is 5.95. The number of ether oxygens (including phenoxy) is 4. The van der Waals surface area contributed by atoms with Crippen molar-refractivity contribution in [1.82, 2.24) is 4.90 Å². The number of methoxy groups -OCH3 is 4. The summed E-state index contributed by atoms with van der Waals surface area (Å²) in [5, 5.41) is 0. The minimum absolute atomic E-state index is 0.0204. The van der Waals surface area contributed by atoms with Gasteiger partial charge in [0.15, 0.2) is 5.78 Å². The van der Waals surface area contributed by atoms with Crippen molar-refractivity contribution >= 4 is 17.3 Å². The molecule has 0 unspecified atom stereocenters. The van der Waals surface area contributed by atoms with Crippen LogP contribution in [0.1, 0.15) is 34.8 Å². The Hall–Kier alpha value is -3.48. The molecule has 1 aliphatic heterocycles. The van der Waals surface area contributed by atoms with Crippen molar-refractivity contribution in [3.63, 3.8) is 0 Å². The van der Waals surface area contributed by atoms with Crippen LogP contribution in [0, 0.1) is 0 Å². The summed E-state index contributed by atoms with van der Waals surface area (Å²) in [5.74, 6) is 2.51. The van der Waals surface area contributed by atoms with E-state index in [1.54, 1.807) is 51.5 Å². The van der Waals surface area contributed by atoms with Gasteiger partial charge in [-0.1, -0.05) is 6.08 Å². The van der Waals surface area contributed by atoms with Crippen LogP contribution in [0.4, 0.5) is 0 Å². The number of carbonyl (C=O) groups excluding carboxylic acids is 2. The van der Waals surface area contributed by atoms with Crippen molar-refractivity contribution < 1.29 is 28.5 Å². The molecule has 0 saturated carbocycles. The second-order valence-electron chi connectivity index (χ2n) is 7.49. The first-order valence-electron chi connectivity index (χ1n) is 10.4. The summed E-state index contributed by atoms with van der Waals surface area (Å²) in [6, 6.07) is 8.82.